The number of hydrogen-bond donors (Lipinski definition) is 0. The zero-order valence-electron chi connectivity index (χ0n) is 21.6. The first kappa shape index (κ1) is 24.5. The van der Waals surface area contributed by atoms with Crippen molar-refractivity contribution in [2.75, 3.05) is 11.5 Å². The lowest BCUT2D eigenvalue weighted by Crippen LogP contribution is -2.40. The standard InChI is InChI=1S/C33H27NO6/c35-28(20-8-12-23(13-9-20)39-17-19-4-2-1-3-5-19)18-40-33(38)21-6-10-22(11-7-21)34-31(36)29-24-14-15-25(27-16-26(24)27)30(29)32(34)37/h1-15,24-27,29-30H,16-18H2/t24-,25+,26-,27-,29+,30+/m1/s1. The number of hydrogen-bond acceptors (Lipinski definition) is 6. The van der Waals surface area contributed by atoms with Crippen LogP contribution < -0.4 is 9.64 Å². The first-order valence-corrected chi connectivity index (χ1v) is 13.6. The quantitative estimate of drug-likeness (QED) is 0.178. The Morgan fingerprint density at radius 1 is 0.750 bits per heavy atom. The zero-order valence-corrected chi connectivity index (χ0v) is 21.6. The monoisotopic (exact) mass is 533 g/mol. The number of benzene rings is 3. The van der Waals surface area contributed by atoms with E-state index in [9.17, 15) is 19.2 Å². The molecule has 0 aromatic heterocycles. The lowest BCUT2D eigenvalue weighted by molar-refractivity contribution is -0.124. The number of rotatable bonds is 8. The fourth-order valence-electron chi connectivity index (χ4n) is 6.73. The fraction of sp³-hybridized carbons (Fsp3) is 0.273. The summed E-state index contributed by atoms with van der Waals surface area (Å²) in [7, 11) is 0. The van der Waals surface area contributed by atoms with E-state index in [0.29, 0.717) is 35.4 Å². The van der Waals surface area contributed by atoms with Gasteiger partial charge in [0, 0.05) is 5.56 Å². The summed E-state index contributed by atoms with van der Waals surface area (Å²) in [6.07, 6.45) is 5.40. The Bertz CT molecular complexity index is 1490. The number of imide groups is 1. The number of Topliss-reactive ketones (excluding diaryl/α,β-unsaturated/α-hetero) is 1. The van der Waals surface area contributed by atoms with Crippen molar-refractivity contribution in [1.82, 2.24) is 0 Å². The van der Waals surface area contributed by atoms with Gasteiger partial charge in [0.2, 0.25) is 11.8 Å². The predicted octanol–water partition coefficient (Wildman–Crippen LogP) is 4.86. The second-order valence-corrected chi connectivity index (χ2v) is 11.0. The van der Waals surface area contributed by atoms with Crippen LogP contribution in [0.1, 0.15) is 32.7 Å². The van der Waals surface area contributed by atoms with Gasteiger partial charge in [-0.05, 0) is 84.2 Å². The number of carbonyl (C=O) groups excluding carboxylic acids is 4. The van der Waals surface area contributed by atoms with E-state index in [4.69, 9.17) is 9.47 Å². The number of nitrogens with zero attached hydrogens (tertiary/aromatic N) is 1. The number of carbonyl (C=O) groups is 4. The average Bonchev–Trinajstić information content (AvgIpc) is 3.78. The third-order valence-electron chi connectivity index (χ3n) is 8.78. The first-order valence-electron chi connectivity index (χ1n) is 13.6. The van der Waals surface area contributed by atoms with Gasteiger partial charge in [-0.15, -0.1) is 0 Å². The van der Waals surface area contributed by atoms with Gasteiger partial charge in [-0.3, -0.25) is 19.3 Å². The highest BCUT2D eigenvalue weighted by Crippen LogP contribution is 2.65. The third-order valence-corrected chi connectivity index (χ3v) is 8.78. The Kier molecular flexibility index (Phi) is 5.88. The van der Waals surface area contributed by atoms with Gasteiger partial charge in [0.25, 0.3) is 0 Å². The molecule has 7 nitrogen and oxygen atoms in total. The smallest absolute Gasteiger partial charge is 0.338 e. The maximum atomic E-state index is 13.3. The van der Waals surface area contributed by atoms with Crippen molar-refractivity contribution in [2.45, 2.75) is 13.0 Å². The Morgan fingerprint density at radius 3 is 1.98 bits per heavy atom. The minimum Gasteiger partial charge on any atom is -0.489 e. The second-order valence-electron chi connectivity index (χ2n) is 11.0. The molecule has 7 heteroatoms. The Balaban J connectivity index is 0.946. The van der Waals surface area contributed by atoms with Gasteiger partial charge in [-0.2, -0.15) is 0 Å². The molecule has 0 unspecified atom stereocenters. The van der Waals surface area contributed by atoms with Crippen molar-refractivity contribution in [3.8, 4) is 5.75 Å². The van der Waals surface area contributed by atoms with Gasteiger partial charge in [0.15, 0.2) is 12.4 Å². The number of esters is 1. The van der Waals surface area contributed by atoms with E-state index in [1.165, 1.54) is 17.0 Å². The molecule has 0 N–H and O–H groups in total. The lowest BCUT2D eigenvalue weighted by atomic mass is 9.63. The molecule has 200 valence electrons. The van der Waals surface area contributed by atoms with Crippen LogP contribution >= 0.6 is 0 Å². The molecule has 2 bridgehead atoms. The maximum absolute atomic E-state index is 13.3. The van der Waals surface area contributed by atoms with E-state index in [-0.39, 0.29) is 46.8 Å². The zero-order chi connectivity index (χ0) is 27.4. The number of anilines is 1. The first-order chi connectivity index (χ1) is 19.5. The number of ether oxygens (including phenoxy) is 2. The summed E-state index contributed by atoms with van der Waals surface area (Å²) in [6.45, 7) is 0.0142. The van der Waals surface area contributed by atoms with E-state index in [1.54, 1.807) is 36.4 Å². The summed E-state index contributed by atoms with van der Waals surface area (Å²) in [6, 6.07) is 22.7. The normalized spacial score (nSPS) is 27.2. The third kappa shape index (κ3) is 4.13. The topological polar surface area (TPSA) is 90.0 Å². The maximum Gasteiger partial charge on any atom is 0.338 e. The molecule has 5 aliphatic rings. The van der Waals surface area contributed by atoms with Crippen LogP contribution in [0.5, 0.6) is 5.75 Å². The van der Waals surface area contributed by atoms with Crippen LogP contribution in [0.4, 0.5) is 5.69 Å². The van der Waals surface area contributed by atoms with Crippen LogP contribution in [0.3, 0.4) is 0 Å². The van der Waals surface area contributed by atoms with Crippen molar-refractivity contribution >= 4 is 29.3 Å². The molecule has 0 spiro atoms. The molecule has 2 saturated carbocycles. The molecule has 1 aliphatic heterocycles. The lowest BCUT2D eigenvalue weighted by Gasteiger charge is -2.37. The second kappa shape index (κ2) is 9.59. The van der Waals surface area contributed by atoms with Crippen LogP contribution in [0, 0.1) is 35.5 Å². The molecule has 8 rings (SSSR count). The Morgan fingerprint density at radius 2 is 1.35 bits per heavy atom. The number of ketones is 1. The van der Waals surface area contributed by atoms with Crippen LogP contribution in [0.15, 0.2) is 91.0 Å². The van der Waals surface area contributed by atoms with Gasteiger partial charge in [0.1, 0.15) is 12.4 Å². The minimum absolute atomic E-state index is 0.142. The van der Waals surface area contributed by atoms with Crippen molar-refractivity contribution in [1.29, 1.82) is 0 Å². The summed E-state index contributed by atoms with van der Waals surface area (Å²) >= 11 is 0. The van der Waals surface area contributed by atoms with Gasteiger partial charge in [0.05, 0.1) is 23.1 Å². The molecule has 0 radical (unpaired) electrons. The molecule has 1 saturated heterocycles. The van der Waals surface area contributed by atoms with Crippen LogP contribution in [0.2, 0.25) is 0 Å². The Hall–Kier alpha value is -4.52. The van der Waals surface area contributed by atoms with Gasteiger partial charge in [-0.25, -0.2) is 4.79 Å². The van der Waals surface area contributed by atoms with Gasteiger partial charge < -0.3 is 9.47 Å². The van der Waals surface area contributed by atoms with Crippen molar-refractivity contribution in [2.24, 2.45) is 35.5 Å². The fourth-order valence-corrected chi connectivity index (χ4v) is 6.73. The van der Waals surface area contributed by atoms with E-state index < -0.39 is 12.6 Å². The highest BCUT2D eigenvalue weighted by Gasteiger charge is 2.67. The molecule has 40 heavy (non-hydrogen) atoms. The van der Waals surface area contributed by atoms with Crippen LogP contribution in [-0.4, -0.2) is 30.2 Å². The van der Waals surface area contributed by atoms with E-state index in [2.05, 4.69) is 12.2 Å². The van der Waals surface area contributed by atoms with E-state index in [0.717, 1.165) is 12.0 Å². The van der Waals surface area contributed by atoms with Crippen LogP contribution in [0.25, 0.3) is 0 Å². The highest BCUT2D eigenvalue weighted by atomic mass is 16.5. The Labute approximate surface area is 231 Å². The molecular formula is C33H27NO6. The molecule has 3 aromatic rings. The molecule has 6 atom stereocenters. The van der Waals surface area contributed by atoms with Gasteiger partial charge in [-0.1, -0.05) is 42.5 Å². The molecule has 3 aromatic carbocycles. The SMILES string of the molecule is O=C(COC(=O)c1ccc(N2C(=O)[C@H]3[C@@H]4C=C[C@@H]([C@H]5C[C@H]45)[C@@H]3C2=O)cc1)c1ccc(OCc2ccccc2)cc1. The average molecular weight is 534 g/mol. The van der Waals surface area contributed by atoms with Crippen molar-refractivity contribution < 1.29 is 28.7 Å². The summed E-state index contributed by atoms with van der Waals surface area (Å²) in [4.78, 5) is 53.1. The molecule has 1 heterocycles. The highest BCUT2D eigenvalue weighted by molar-refractivity contribution is 6.22. The summed E-state index contributed by atoms with van der Waals surface area (Å²) in [5.41, 5.74) is 2.14. The molecule has 2 amide bonds. The summed E-state index contributed by atoms with van der Waals surface area (Å²) in [5.74, 6) is 0.212. The minimum atomic E-state index is -0.655. The predicted molar refractivity (Wildman–Crippen MR) is 145 cm³/mol. The molecule has 3 fully saturated rings. The summed E-state index contributed by atoms with van der Waals surface area (Å²) in [5, 5.41) is 0. The number of amides is 2. The van der Waals surface area contributed by atoms with Gasteiger partial charge >= 0.3 is 5.97 Å². The molecular weight excluding hydrogens is 506 g/mol. The largest absolute Gasteiger partial charge is 0.489 e. The van der Waals surface area contributed by atoms with E-state index >= 15 is 0 Å². The molecule has 4 aliphatic carbocycles. The van der Waals surface area contributed by atoms with E-state index in [1.807, 2.05) is 30.3 Å². The van der Waals surface area contributed by atoms with Crippen molar-refractivity contribution in [3.63, 3.8) is 0 Å². The number of allylic oxidation sites excluding steroid dienone is 2. The van der Waals surface area contributed by atoms with Crippen molar-refractivity contribution in [3.05, 3.63) is 108 Å². The van der Waals surface area contributed by atoms with Crippen LogP contribution in [-0.2, 0) is 20.9 Å². The summed E-state index contributed by atoms with van der Waals surface area (Å²) < 4.78 is 11.0.